The fourth-order valence-corrected chi connectivity index (χ4v) is 3.14. The van der Waals surface area contributed by atoms with E-state index in [2.05, 4.69) is 19.7 Å². The highest BCUT2D eigenvalue weighted by Gasteiger charge is 2.22. The Hall–Kier alpha value is -0.980. The van der Waals surface area contributed by atoms with Crippen LogP contribution in [0.4, 0.5) is 0 Å². The number of aliphatic hydroxyl groups excluding tert-OH is 1. The Morgan fingerprint density at radius 1 is 1.15 bits per heavy atom. The smallest absolute Gasteiger partial charge is 0.147 e. The average Bonchev–Trinajstić information content (AvgIpc) is 2.90. The average molecular weight is 280 g/mol. The maximum atomic E-state index is 8.78. The number of hydrogen-bond acceptors (Lipinski definition) is 5. The predicted octanol–water partition coefficient (Wildman–Crippen LogP) is 0.588. The lowest BCUT2D eigenvalue weighted by atomic mass is 10.1. The molecular weight excluding hydrogens is 256 g/mol. The summed E-state index contributed by atoms with van der Waals surface area (Å²) in [6, 6.07) is 0. The summed E-state index contributed by atoms with van der Waals surface area (Å²) in [7, 11) is 0. The zero-order valence-electron chi connectivity index (χ0n) is 12.0. The van der Waals surface area contributed by atoms with Gasteiger partial charge in [0.25, 0.3) is 0 Å². The second-order valence-corrected chi connectivity index (χ2v) is 5.71. The first-order chi connectivity index (χ1) is 9.86. The lowest BCUT2D eigenvalue weighted by Gasteiger charge is -2.31. The molecule has 2 aliphatic heterocycles. The summed E-state index contributed by atoms with van der Waals surface area (Å²) in [5.74, 6) is 2.28. The Morgan fingerprint density at radius 3 is 2.80 bits per heavy atom. The molecule has 0 saturated carbocycles. The molecule has 1 saturated heterocycles. The quantitative estimate of drug-likeness (QED) is 0.855. The number of rotatable bonds is 5. The normalized spacial score (nSPS) is 21.1. The zero-order chi connectivity index (χ0) is 13.8. The van der Waals surface area contributed by atoms with Gasteiger partial charge >= 0.3 is 0 Å². The summed E-state index contributed by atoms with van der Waals surface area (Å²) in [5.41, 5.74) is 0. The Bertz CT molecular complexity index is 427. The third-order valence-corrected chi connectivity index (χ3v) is 4.28. The number of piperidine rings is 1. The molecule has 1 aromatic heterocycles. The molecule has 3 heterocycles. The second-order valence-electron chi connectivity index (χ2n) is 5.71. The minimum atomic E-state index is 0.117. The van der Waals surface area contributed by atoms with Crippen LogP contribution >= 0.6 is 0 Å². The first-order valence-electron chi connectivity index (χ1n) is 7.72. The van der Waals surface area contributed by atoms with E-state index in [1.807, 2.05) is 0 Å². The van der Waals surface area contributed by atoms with E-state index in [1.54, 1.807) is 0 Å². The maximum Gasteiger partial charge on any atom is 0.147 e. The van der Waals surface area contributed by atoms with Crippen molar-refractivity contribution < 1.29 is 9.84 Å². The number of aryl methyl sites for hydroxylation is 1. The molecule has 1 fully saturated rings. The molecule has 0 bridgehead atoms. The highest BCUT2D eigenvalue weighted by atomic mass is 16.5. The number of likely N-dealkylation sites (tertiary alicyclic amines) is 1. The van der Waals surface area contributed by atoms with Gasteiger partial charge in [0.15, 0.2) is 0 Å². The summed E-state index contributed by atoms with van der Waals surface area (Å²) >= 11 is 0. The van der Waals surface area contributed by atoms with Crippen LogP contribution in [0.15, 0.2) is 0 Å². The molecular formula is C14H24N4O2. The molecule has 2 aliphatic rings. The second kappa shape index (κ2) is 6.65. The van der Waals surface area contributed by atoms with Crippen molar-refractivity contribution in [3.05, 3.63) is 11.6 Å². The van der Waals surface area contributed by atoms with Crippen molar-refractivity contribution in [1.29, 1.82) is 0 Å². The molecule has 3 rings (SSSR count). The fraction of sp³-hybridized carbons (Fsp3) is 0.857. The van der Waals surface area contributed by atoms with Crippen LogP contribution in [0, 0.1) is 0 Å². The van der Waals surface area contributed by atoms with Crippen LogP contribution in [0.1, 0.15) is 37.3 Å². The van der Waals surface area contributed by atoms with Gasteiger partial charge in [-0.15, -0.1) is 10.2 Å². The van der Waals surface area contributed by atoms with Gasteiger partial charge < -0.3 is 14.4 Å². The van der Waals surface area contributed by atoms with Gasteiger partial charge in [-0.3, -0.25) is 4.90 Å². The number of aliphatic hydroxyl groups is 1. The predicted molar refractivity (Wildman–Crippen MR) is 74.3 cm³/mol. The van der Waals surface area contributed by atoms with Gasteiger partial charge in [-0.1, -0.05) is 0 Å². The van der Waals surface area contributed by atoms with Crippen LogP contribution in [0.5, 0.6) is 0 Å². The Balaban J connectivity index is 1.51. The largest absolute Gasteiger partial charge is 0.394 e. The van der Waals surface area contributed by atoms with E-state index in [9.17, 15) is 0 Å². The molecule has 1 aromatic rings. The number of hydrogen-bond donors (Lipinski definition) is 1. The van der Waals surface area contributed by atoms with Gasteiger partial charge in [-0.05, 0) is 25.7 Å². The third kappa shape index (κ3) is 3.19. The van der Waals surface area contributed by atoms with E-state index in [0.717, 1.165) is 57.1 Å². The van der Waals surface area contributed by atoms with Crippen molar-refractivity contribution in [2.75, 3.05) is 26.3 Å². The van der Waals surface area contributed by atoms with Gasteiger partial charge in [0.05, 0.1) is 25.9 Å². The van der Waals surface area contributed by atoms with Gasteiger partial charge in [-0.2, -0.15) is 0 Å². The van der Waals surface area contributed by atoms with E-state index < -0.39 is 0 Å². The van der Waals surface area contributed by atoms with Crippen LogP contribution in [-0.2, 0) is 24.2 Å². The molecule has 6 heteroatoms. The molecule has 0 aromatic carbocycles. The van der Waals surface area contributed by atoms with E-state index in [4.69, 9.17) is 9.84 Å². The highest BCUT2D eigenvalue weighted by molar-refractivity contribution is 4.99. The first kappa shape index (κ1) is 14.0. The summed E-state index contributed by atoms with van der Waals surface area (Å²) in [6.07, 6.45) is 5.96. The number of ether oxygens (including phenoxy) is 1. The zero-order valence-corrected chi connectivity index (χ0v) is 12.0. The first-order valence-corrected chi connectivity index (χ1v) is 7.72. The Labute approximate surface area is 119 Å². The summed E-state index contributed by atoms with van der Waals surface area (Å²) in [5, 5.41) is 17.5. The third-order valence-electron chi connectivity index (χ3n) is 4.28. The maximum absolute atomic E-state index is 8.78. The standard InChI is InChI=1S/C14H24N4O2/c19-9-10-20-12-4-7-17(8-5-12)11-14-16-15-13-3-1-2-6-18(13)14/h12,19H,1-11H2. The lowest BCUT2D eigenvalue weighted by Crippen LogP contribution is -2.37. The molecule has 20 heavy (non-hydrogen) atoms. The van der Waals surface area contributed by atoms with E-state index >= 15 is 0 Å². The highest BCUT2D eigenvalue weighted by Crippen LogP contribution is 2.18. The van der Waals surface area contributed by atoms with Gasteiger partial charge in [0.2, 0.25) is 0 Å². The molecule has 112 valence electrons. The topological polar surface area (TPSA) is 63.4 Å². The minimum absolute atomic E-state index is 0.117. The minimum Gasteiger partial charge on any atom is -0.394 e. The van der Waals surface area contributed by atoms with Crippen LogP contribution in [0.2, 0.25) is 0 Å². The van der Waals surface area contributed by atoms with E-state index in [0.29, 0.717) is 12.7 Å². The number of fused-ring (bicyclic) bond motifs is 1. The van der Waals surface area contributed by atoms with E-state index in [1.165, 1.54) is 12.8 Å². The van der Waals surface area contributed by atoms with E-state index in [-0.39, 0.29) is 6.61 Å². The van der Waals surface area contributed by atoms with Crippen molar-refractivity contribution in [3.63, 3.8) is 0 Å². The molecule has 0 unspecified atom stereocenters. The van der Waals surface area contributed by atoms with Crippen molar-refractivity contribution >= 4 is 0 Å². The summed E-state index contributed by atoms with van der Waals surface area (Å²) in [6.45, 7) is 4.64. The Morgan fingerprint density at radius 2 is 2.00 bits per heavy atom. The Kier molecular flexibility index (Phi) is 4.65. The monoisotopic (exact) mass is 280 g/mol. The fourth-order valence-electron chi connectivity index (χ4n) is 3.14. The van der Waals surface area contributed by atoms with Crippen molar-refractivity contribution in [2.45, 2.75) is 51.3 Å². The SMILES string of the molecule is OCCOC1CCN(Cc2nnc3n2CCCC3)CC1. The molecule has 1 N–H and O–H groups in total. The number of nitrogens with zero attached hydrogens (tertiary/aromatic N) is 4. The van der Waals surface area contributed by atoms with Gasteiger partial charge in [0, 0.05) is 26.1 Å². The van der Waals surface area contributed by atoms with Crippen molar-refractivity contribution in [2.24, 2.45) is 0 Å². The summed E-state index contributed by atoms with van der Waals surface area (Å²) in [4.78, 5) is 2.44. The van der Waals surface area contributed by atoms with Crippen LogP contribution in [0.3, 0.4) is 0 Å². The molecule has 0 amide bonds. The van der Waals surface area contributed by atoms with Gasteiger partial charge in [0.1, 0.15) is 11.6 Å². The summed E-state index contributed by atoms with van der Waals surface area (Å²) < 4.78 is 7.90. The molecule has 0 atom stereocenters. The lowest BCUT2D eigenvalue weighted by molar-refractivity contribution is -0.00956. The molecule has 0 aliphatic carbocycles. The van der Waals surface area contributed by atoms with Gasteiger partial charge in [-0.25, -0.2) is 0 Å². The van der Waals surface area contributed by atoms with Crippen LogP contribution < -0.4 is 0 Å². The molecule has 0 radical (unpaired) electrons. The number of aromatic nitrogens is 3. The van der Waals surface area contributed by atoms with Crippen LogP contribution in [-0.4, -0.2) is 57.2 Å². The van der Waals surface area contributed by atoms with Crippen molar-refractivity contribution in [3.8, 4) is 0 Å². The molecule has 0 spiro atoms. The van der Waals surface area contributed by atoms with Crippen LogP contribution in [0.25, 0.3) is 0 Å². The molecule has 6 nitrogen and oxygen atoms in total. The van der Waals surface area contributed by atoms with Crippen molar-refractivity contribution in [1.82, 2.24) is 19.7 Å².